The average Bonchev–Trinajstić information content (AvgIpc) is 2.45. The van der Waals surface area contributed by atoms with Gasteiger partial charge in [-0.3, -0.25) is 0 Å². The molecule has 2 rings (SSSR count). The Kier molecular flexibility index (Phi) is 2.10. The van der Waals surface area contributed by atoms with Crippen LogP contribution in [0.25, 0.3) is 0 Å². The van der Waals surface area contributed by atoms with Crippen LogP contribution in [-0.2, 0) is 0 Å². The number of nitriles is 1. The maximum atomic E-state index is 9.16. The lowest BCUT2D eigenvalue weighted by Crippen LogP contribution is -2.33. The third-order valence-electron chi connectivity index (χ3n) is 4.12. The number of hydrogen-bond donors (Lipinski definition) is 0. The van der Waals surface area contributed by atoms with Gasteiger partial charge in [0.25, 0.3) is 0 Å². The molecule has 2 aliphatic carbocycles. The first-order valence-electron chi connectivity index (χ1n) is 5.59. The summed E-state index contributed by atoms with van der Waals surface area (Å²) in [6, 6.07) is 2.57. The predicted molar refractivity (Wildman–Crippen MR) is 53.1 cm³/mol. The van der Waals surface area contributed by atoms with Crippen LogP contribution in [0.15, 0.2) is 0 Å². The van der Waals surface area contributed by atoms with E-state index in [4.69, 9.17) is 5.26 Å². The molecule has 2 fully saturated rings. The highest BCUT2D eigenvalue weighted by molar-refractivity contribution is 5.07. The average molecular weight is 177 g/mol. The quantitative estimate of drug-likeness (QED) is 0.631. The second-order valence-corrected chi connectivity index (χ2v) is 5.44. The van der Waals surface area contributed by atoms with E-state index in [-0.39, 0.29) is 5.41 Å². The zero-order valence-electron chi connectivity index (χ0n) is 8.60. The van der Waals surface area contributed by atoms with E-state index in [1.165, 1.54) is 51.4 Å². The molecule has 1 nitrogen and oxygen atoms in total. The summed E-state index contributed by atoms with van der Waals surface area (Å²) in [6.45, 7) is 2.39. The van der Waals surface area contributed by atoms with Gasteiger partial charge in [0.15, 0.2) is 0 Å². The Hall–Kier alpha value is -0.510. The van der Waals surface area contributed by atoms with Gasteiger partial charge < -0.3 is 0 Å². The molecule has 2 aliphatic rings. The minimum atomic E-state index is 0.0963. The van der Waals surface area contributed by atoms with E-state index < -0.39 is 0 Å². The molecule has 0 radical (unpaired) electrons. The van der Waals surface area contributed by atoms with Gasteiger partial charge in [0, 0.05) is 0 Å². The Morgan fingerprint density at radius 1 is 1.08 bits per heavy atom. The molecule has 0 amide bonds. The van der Waals surface area contributed by atoms with Crippen LogP contribution in [-0.4, -0.2) is 0 Å². The van der Waals surface area contributed by atoms with Crippen molar-refractivity contribution in [3.8, 4) is 6.07 Å². The van der Waals surface area contributed by atoms with Crippen molar-refractivity contribution < 1.29 is 0 Å². The van der Waals surface area contributed by atoms with Gasteiger partial charge in [0.05, 0.1) is 11.5 Å². The van der Waals surface area contributed by atoms with Crippen molar-refractivity contribution in [2.24, 2.45) is 10.8 Å². The van der Waals surface area contributed by atoms with Crippen LogP contribution in [0.5, 0.6) is 0 Å². The second-order valence-electron chi connectivity index (χ2n) is 5.44. The van der Waals surface area contributed by atoms with Crippen LogP contribution >= 0.6 is 0 Å². The minimum Gasteiger partial charge on any atom is -0.198 e. The molecule has 72 valence electrons. The smallest absolute Gasteiger partial charge is 0.0689 e. The summed E-state index contributed by atoms with van der Waals surface area (Å²) in [4.78, 5) is 0. The lowest BCUT2D eigenvalue weighted by atomic mass is 9.61. The number of nitrogens with zero attached hydrogens (tertiary/aromatic N) is 1. The van der Waals surface area contributed by atoms with Gasteiger partial charge in [-0.15, -0.1) is 0 Å². The summed E-state index contributed by atoms with van der Waals surface area (Å²) in [5.41, 5.74) is 0.606. The third kappa shape index (κ3) is 1.59. The van der Waals surface area contributed by atoms with Crippen LogP contribution in [0.3, 0.4) is 0 Å². The molecule has 0 spiro atoms. The highest BCUT2D eigenvalue weighted by Gasteiger charge is 2.44. The third-order valence-corrected chi connectivity index (χ3v) is 4.12. The summed E-state index contributed by atoms with van der Waals surface area (Å²) in [6.07, 6.45) is 10.3. The Morgan fingerprint density at radius 2 is 1.69 bits per heavy atom. The largest absolute Gasteiger partial charge is 0.198 e. The molecule has 13 heavy (non-hydrogen) atoms. The maximum absolute atomic E-state index is 9.16. The summed E-state index contributed by atoms with van der Waals surface area (Å²) >= 11 is 0. The highest BCUT2D eigenvalue weighted by Crippen LogP contribution is 2.53. The van der Waals surface area contributed by atoms with Crippen molar-refractivity contribution in [2.45, 2.75) is 58.3 Å². The fraction of sp³-hybridized carbons (Fsp3) is 0.917. The highest BCUT2D eigenvalue weighted by atomic mass is 14.5. The number of rotatable bonds is 2. The lowest BCUT2D eigenvalue weighted by Gasteiger charge is -2.41. The maximum Gasteiger partial charge on any atom is 0.0689 e. The van der Waals surface area contributed by atoms with Crippen LogP contribution in [0, 0.1) is 22.2 Å². The zero-order valence-corrected chi connectivity index (χ0v) is 8.60. The first kappa shape index (κ1) is 9.06. The van der Waals surface area contributed by atoms with E-state index in [1.54, 1.807) is 0 Å². The first-order chi connectivity index (χ1) is 6.18. The van der Waals surface area contributed by atoms with Gasteiger partial charge in [-0.25, -0.2) is 0 Å². The molecule has 2 saturated carbocycles. The van der Waals surface area contributed by atoms with Crippen molar-refractivity contribution in [2.75, 3.05) is 0 Å². The van der Waals surface area contributed by atoms with E-state index in [0.29, 0.717) is 5.41 Å². The van der Waals surface area contributed by atoms with E-state index in [1.807, 2.05) is 0 Å². The van der Waals surface area contributed by atoms with Gasteiger partial charge in [-0.05, 0) is 37.5 Å². The molecular weight excluding hydrogens is 158 g/mol. The summed E-state index contributed by atoms with van der Waals surface area (Å²) in [5, 5.41) is 9.16. The van der Waals surface area contributed by atoms with Crippen LogP contribution in [0.1, 0.15) is 58.3 Å². The predicted octanol–water partition coefficient (Wildman–Crippen LogP) is 3.65. The lowest BCUT2D eigenvalue weighted by molar-refractivity contribution is 0.115. The molecule has 0 unspecified atom stereocenters. The minimum absolute atomic E-state index is 0.0963. The molecule has 0 aliphatic heterocycles. The molecule has 0 aromatic carbocycles. The molecular formula is C12H19N. The van der Waals surface area contributed by atoms with Crippen molar-refractivity contribution in [3.63, 3.8) is 0 Å². The topological polar surface area (TPSA) is 23.8 Å². The normalized spacial score (nSPS) is 29.2. The molecule has 0 aromatic heterocycles. The van der Waals surface area contributed by atoms with Gasteiger partial charge in [-0.2, -0.15) is 5.26 Å². The van der Waals surface area contributed by atoms with E-state index in [2.05, 4.69) is 13.0 Å². The van der Waals surface area contributed by atoms with Gasteiger partial charge >= 0.3 is 0 Å². The molecule has 1 heteroatoms. The molecule has 0 heterocycles. The van der Waals surface area contributed by atoms with Crippen molar-refractivity contribution in [1.82, 2.24) is 0 Å². The van der Waals surface area contributed by atoms with E-state index in [9.17, 15) is 0 Å². The standard InChI is InChI=1S/C12H19N/c1-11(5-2-3-6-11)9-12(10-13)7-4-8-12/h2-9H2,1H3. The fourth-order valence-corrected chi connectivity index (χ4v) is 3.15. The van der Waals surface area contributed by atoms with Crippen LogP contribution in [0.2, 0.25) is 0 Å². The van der Waals surface area contributed by atoms with Crippen LogP contribution in [0.4, 0.5) is 0 Å². The summed E-state index contributed by atoms with van der Waals surface area (Å²) in [7, 11) is 0. The molecule has 0 aromatic rings. The summed E-state index contributed by atoms with van der Waals surface area (Å²) in [5.74, 6) is 0. The van der Waals surface area contributed by atoms with Gasteiger partial charge in [0.2, 0.25) is 0 Å². The van der Waals surface area contributed by atoms with Crippen molar-refractivity contribution >= 4 is 0 Å². The Balaban J connectivity index is 2.00. The Labute approximate surface area is 81.1 Å². The fourth-order valence-electron chi connectivity index (χ4n) is 3.15. The monoisotopic (exact) mass is 177 g/mol. The van der Waals surface area contributed by atoms with Crippen molar-refractivity contribution in [3.05, 3.63) is 0 Å². The molecule has 0 N–H and O–H groups in total. The molecule has 0 bridgehead atoms. The van der Waals surface area contributed by atoms with E-state index >= 15 is 0 Å². The van der Waals surface area contributed by atoms with Gasteiger partial charge in [-0.1, -0.05) is 26.2 Å². The van der Waals surface area contributed by atoms with E-state index in [0.717, 1.165) is 0 Å². The molecule has 0 saturated heterocycles. The number of hydrogen-bond acceptors (Lipinski definition) is 1. The molecule has 0 atom stereocenters. The van der Waals surface area contributed by atoms with Crippen LogP contribution < -0.4 is 0 Å². The Bertz CT molecular complexity index is 226. The van der Waals surface area contributed by atoms with Crippen molar-refractivity contribution in [1.29, 1.82) is 5.26 Å². The zero-order chi connectivity index (χ0) is 9.36. The second kappa shape index (κ2) is 3.01. The van der Waals surface area contributed by atoms with Gasteiger partial charge in [0.1, 0.15) is 0 Å². The Morgan fingerprint density at radius 3 is 2.08 bits per heavy atom. The summed E-state index contributed by atoms with van der Waals surface area (Å²) < 4.78 is 0. The first-order valence-corrected chi connectivity index (χ1v) is 5.59. The SMILES string of the molecule is CC1(CC2(C#N)CCC2)CCCC1.